The maximum absolute atomic E-state index is 6.02. The summed E-state index contributed by atoms with van der Waals surface area (Å²) in [5.41, 5.74) is 0.344. The average Bonchev–Trinajstić information content (AvgIpc) is 2.84. The van der Waals surface area contributed by atoms with E-state index in [9.17, 15) is 0 Å². The Hall–Kier alpha value is 0.250. The lowest BCUT2D eigenvalue weighted by atomic mass is 9.90. The van der Waals surface area contributed by atoms with Crippen molar-refractivity contribution in [1.82, 2.24) is 0 Å². The lowest BCUT2D eigenvalue weighted by Gasteiger charge is -2.25. The first kappa shape index (κ1) is 9.79. The SMILES string of the molecule is ClCC1(COCC2CC2)CCCC1. The zero-order valence-corrected chi connectivity index (χ0v) is 8.98. The fourth-order valence-electron chi connectivity index (χ4n) is 2.17. The summed E-state index contributed by atoms with van der Waals surface area (Å²) < 4.78 is 5.75. The van der Waals surface area contributed by atoms with Gasteiger partial charge < -0.3 is 4.74 Å². The monoisotopic (exact) mass is 202 g/mol. The molecule has 0 atom stereocenters. The van der Waals surface area contributed by atoms with E-state index in [1.807, 2.05) is 0 Å². The van der Waals surface area contributed by atoms with Crippen LogP contribution in [0.5, 0.6) is 0 Å². The Labute approximate surface area is 85.8 Å². The molecule has 0 aromatic heterocycles. The molecule has 0 aromatic rings. The lowest BCUT2D eigenvalue weighted by molar-refractivity contribution is 0.0519. The predicted octanol–water partition coefficient (Wildman–Crippen LogP) is 3.21. The second kappa shape index (κ2) is 4.18. The summed E-state index contributed by atoms with van der Waals surface area (Å²) in [6.45, 7) is 1.89. The number of halogens is 1. The minimum Gasteiger partial charge on any atom is -0.381 e. The maximum atomic E-state index is 6.02. The van der Waals surface area contributed by atoms with Crippen molar-refractivity contribution in [2.45, 2.75) is 38.5 Å². The fraction of sp³-hybridized carbons (Fsp3) is 1.00. The minimum absolute atomic E-state index is 0.344. The molecule has 2 rings (SSSR count). The maximum Gasteiger partial charge on any atom is 0.0533 e. The van der Waals surface area contributed by atoms with Crippen LogP contribution >= 0.6 is 11.6 Å². The molecule has 0 aliphatic heterocycles. The van der Waals surface area contributed by atoms with Gasteiger partial charge in [-0.15, -0.1) is 11.6 Å². The molecule has 2 saturated carbocycles. The Morgan fingerprint density at radius 3 is 2.46 bits per heavy atom. The summed E-state index contributed by atoms with van der Waals surface area (Å²) >= 11 is 6.02. The molecule has 2 aliphatic rings. The second-order valence-corrected chi connectivity index (χ2v) is 5.07. The van der Waals surface area contributed by atoms with E-state index >= 15 is 0 Å². The van der Waals surface area contributed by atoms with Gasteiger partial charge in [0, 0.05) is 17.9 Å². The van der Waals surface area contributed by atoms with Crippen molar-refractivity contribution in [2.24, 2.45) is 11.3 Å². The molecule has 0 radical (unpaired) electrons. The summed E-state index contributed by atoms with van der Waals surface area (Å²) in [6.07, 6.45) is 8.02. The van der Waals surface area contributed by atoms with Crippen LogP contribution in [0.25, 0.3) is 0 Å². The second-order valence-electron chi connectivity index (χ2n) is 4.80. The van der Waals surface area contributed by atoms with Crippen LogP contribution in [0, 0.1) is 11.3 Å². The zero-order valence-electron chi connectivity index (χ0n) is 8.23. The van der Waals surface area contributed by atoms with Crippen molar-refractivity contribution in [3.05, 3.63) is 0 Å². The third-order valence-electron chi connectivity index (χ3n) is 3.41. The molecular weight excluding hydrogens is 184 g/mol. The van der Waals surface area contributed by atoms with Crippen LogP contribution in [0.2, 0.25) is 0 Å². The highest BCUT2D eigenvalue weighted by Gasteiger charge is 2.33. The Bertz CT molecular complexity index is 159. The first-order valence-corrected chi connectivity index (χ1v) is 6.02. The molecule has 0 heterocycles. The first-order chi connectivity index (χ1) is 6.35. The van der Waals surface area contributed by atoms with E-state index in [1.54, 1.807) is 0 Å². The van der Waals surface area contributed by atoms with Crippen molar-refractivity contribution in [2.75, 3.05) is 19.1 Å². The molecule has 0 amide bonds. The van der Waals surface area contributed by atoms with Crippen molar-refractivity contribution in [3.63, 3.8) is 0 Å². The number of rotatable bonds is 5. The van der Waals surface area contributed by atoms with Gasteiger partial charge in [0.1, 0.15) is 0 Å². The molecule has 0 spiro atoms. The Morgan fingerprint density at radius 1 is 1.23 bits per heavy atom. The molecule has 0 unspecified atom stereocenters. The summed E-state index contributed by atoms with van der Waals surface area (Å²) in [6, 6.07) is 0. The molecule has 2 heteroatoms. The standard InChI is InChI=1S/C11H19ClO/c12-8-11(5-1-2-6-11)9-13-7-10-3-4-10/h10H,1-9H2. The molecule has 2 fully saturated rings. The van der Waals surface area contributed by atoms with Gasteiger partial charge in [0.25, 0.3) is 0 Å². The smallest absolute Gasteiger partial charge is 0.0533 e. The van der Waals surface area contributed by atoms with E-state index in [1.165, 1.54) is 38.5 Å². The summed E-state index contributed by atoms with van der Waals surface area (Å²) in [7, 11) is 0. The van der Waals surface area contributed by atoms with Gasteiger partial charge in [-0.2, -0.15) is 0 Å². The van der Waals surface area contributed by atoms with Gasteiger partial charge >= 0.3 is 0 Å². The molecular formula is C11H19ClO. The van der Waals surface area contributed by atoms with Crippen molar-refractivity contribution in [3.8, 4) is 0 Å². The normalized spacial score (nSPS) is 26.5. The Kier molecular flexibility index (Phi) is 3.15. The topological polar surface area (TPSA) is 9.23 Å². The largest absolute Gasteiger partial charge is 0.381 e. The summed E-state index contributed by atoms with van der Waals surface area (Å²) in [5, 5.41) is 0. The molecule has 2 aliphatic carbocycles. The van der Waals surface area contributed by atoms with Gasteiger partial charge in [-0.25, -0.2) is 0 Å². The van der Waals surface area contributed by atoms with Crippen LogP contribution in [-0.2, 0) is 4.74 Å². The van der Waals surface area contributed by atoms with Gasteiger partial charge in [-0.05, 0) is 31.6 Å². The molecule has 76 valence electrons. The Morgan fingerprint density at radius 2 is 1.92 bits per heavy atom. The summed E-state index contributed by atoms with van der Waals surface area (Å²) in [4.78, 5) is 0. The number of ether oxygens (including phenoxy) is 1. The van der Waals surface area contributed by atoms with Crippen LogP contribution in [0.3, 0.4) is 0 Å². The van der Waals surface area contributed by atoms with Crippen LogP contribution in [0.15, 0.2) is 0 Å². The lowest BCUT2D eigenvalue weighted by Crippen LogP contribution is -2.25. The van der Waals surface area contributed by atoms with Gasteiger partial charge in [0.05, 0.1) is 6.61 Å². The van der Waals surface area contributed by atoms with Crippen LogP contribution in [0.4, 0.5) is 0 Å². The molecule has 13 heavy (non-hydrogen) atoms. The van der Waals surface area contributed by atoms with E-state index in [-0.39, 0.29) is 0 Å². The number of hydrogen-bond acceptors (Lipinski definition) is 1. The van der Waals surface area contributed by atoms with Gasteiger partial charge in [-0.3, -0.25) is 0 Å². The average molecular weight is 203 g/mol. The fourth-order valence-corrected chi connectivity index (χ4v) is 2.51. The summed E-state index contributed by atoms with van der Waals surface area (Å²) in [5.74, 6) is 1.67. The number of alkyl halides is 1. The van der Waals surface area contributed by atoms with E-state index in [0.29, 0.717) is 5.41 Å². The minimum atomic E-state index is 0.344. The van der Waals surface area contributed by atoms with Crippen molar-refractivity contribution in [1.29, 1.82) is 0 Å². The molecule has 0 aromatic carbocycles. The van der Waals surface area contributed by atoms with Crippen LogP contribution in [0.1, 0.15) is 38.5 Å². The van der Waals surface area contributed by atoms with Gasteiger partial charge in [0.15, 0.2) is 0 Å². The van der Waals surface area contributed by atoms with Crippen molar-refractivity contribution < 1.29 is 4.74 Å². The highest BCUT2D eigenvalue weighted by molar-refractivity contribution is 6.18. The van der Waals surface area contributed by atoms with E-state index in [4.69, 9.17) is 16.3 Å². The quantitative estimate of drug-likeness (QED) is 0.623. The molecule has 0 bridgehead atoms. The predicted molar refractivity (Wildman–Crippen MR) is 55.2 cm³/mol. The number of hydrogen-bond donors (Lipinski definition) is 0. The van der Waals surface area contributed by atoms with E-state index < -0.39 is 0 Å². The van der Waals surface area contributed by atoms with Gasteiger partial charge in [-0.1, -0.05) is 12.8 Å². The molecule has 0 N–H and O–H groups in total. The van der Waals surface area contributed by atoms with Crippen LogP contribution in [-0.4, -0.2) is 19.1 Å². The third kappa shape index (κ3) is 2.60. The third-order valence-corrected chi connectivity index (χ3v) is 3.97. The first-order valence-electron chi connectivity index (χ1n) is 5.48. The molecule has 0 saturated heterocycles. The van der Waals surface area contributed by atoms with Gasteiger partial charge in [0.2, 0.25) is 0 Å². The highest BCUT2D eigenvalue weighted by atomic mass is 35.5. The van der Waals surface area contributed by atoms with E-state index in [2.05, 4.69) is 0 Å². The van der Waals surface area contributed by atoms with Crippen LogP contribution < -0.4 is 0 Å². The highest BCUT2D eigenvalue weighted by Crippen LogP contribution is 2.40. The van der Waals surface area contributed by atoms with Crippen molar-refractivity contribution >= 4 is 11.6 Å². The zero-order chi connectivity index (χ0) is 9.15. The molecule has 1 nitrogen and oxygen atoms in total. The Balaban J connectivity index is 1.69. The van der Waals surface area contributed by atoms with E-state index in [0.717, 1.165) is 25.0 Å².